The molecule has 36 heavy (non-hydrogen) atoms. The molecule has 0 N–H and O–H groups in total. The molecule has 7 aromatic rings. The first-order chi connectivity index (χ1) is 17.8. The summed E-state index contributed by atoms with van der Waals surface area (Å²) < 4.78 is 4.48. The third-order valence-electron chi connectivity index (χ3n) is 6.95. The average Bonchev–Trinajstić information content (AvgIpc) is 3.44. The van der Waals surface area contributed by atoms with Gasteiger partial charge in [0.1, 0.15) is 0 Å². The molecule has 0 saturated heterocycles. The zero-order valence-electron chi connectivity index (χ0n) is 19.2. The van der Waals surface area contributed by atoms with Crippen LogP contribution in [0.2, 0.25) is 0 Å². The van der Waals surface area contributed by atoms with Gasteiger partial charge in [0, 0.05) is 27.2 Å². The van der Waals surface area contributed by atoms with Gasteiger partial charge in [0.2, 0.25) is 0 Å². The Bertz CT molecular complexity index is 2060. The minimum Gasteiger partial charge on any atom is -0.309 e. The normalized spacial score (nSPS) is 11.3. The van der Waals surface area contributed by atoms with E-state index in [9.17, 15) is 5.26 Å². The Morgan fingerprint density at radius 1 is 0.583 bits per heavy atom. The first kappa shape index (κ1) is 20.1. The van der Waals surface area contributed by atoms with Crippen LogP contribution in [0.4, 0.5) is 5.69 Å². The molecule has 0 aliphatic rings. The van der Waals surface area contributed by atoms with Crippen molar-refractivity contribution in [3.05, 3.63) is 126 Å². The molecule has 166 valence electrons. The summed E-state index contributed by atoms with van der Waals surface area (Å²) >= 11 is 0. The van der Waals surface area contributed by atoms with Gasteiger partial charge in [0.15, 0.2) is 5.69 Å². The van der Waals surface area contributed by atoms with E-state index in [-0.39, 0.29) is 0 Å². The molecular weight excluding hydrogens is 440 g/mol. The average molecular weight is 459 g/mol. The van der Waals surface area contributed by atoms with Crippen LogP contribution in [0.15, 0.2) is 109 Å². The smallest absolute Gasteiger partial charge is 0.188 e. The van der Waals surface area contributed by atoms with Gasteiger partial charge >= 0.3 is 0 Å². The highest BCUT2D eigenvalue weighted by Crippen LogP contribution is 2.40. The molecule has 4 nitrogen and oxygen atoms in total. The van der Waals surface area contributed by atoms with Gasteiger partial charge in [-0.05, 0) is 48.5 Å². The van der Waals surface area contributed by atoms with Gasteiger partial charge in [-0.1, -0.05) is 60.7 Å². The number of nitriles is 1. The van der Waals surface area contributed by atoms with Gasteiger partial charge in [-0.2, -0.15) is 5.26 Å². The monoisotopic (exact) mass is 458 g/mol. The zero-order chi connectivity index (χ0) is 24.2. The molecule has 0 radical (unpaired) electrons. The van der Waals surface area contributed by atoms with Crippen molar-refractivity contribution in [1.82, 2.24) is 9.13 Å². The van der Waals surface area contributed by atoms with E-state index in [0.29, 0.717) is 11.3 Å². The molecule has 0 spiro atoms. The van der Waals surface area contributed by atoms with Crippen LogP contribution in [0.5, 0.6) is 0 Å². The third-order valence-corrected chi connectivity index (χ3v) is 6.95. The molecule has 5 aromatic carbocycles. The van der Waals surface area contributed by atoms with Gasteiger partial charge < -0.3 is 9.13 Å². The largest absolute Gasteiger partial charge is 0.309 e. The molecule has 0 fully saturated rings. The lowest BCUT2D eigenvalue weighted by Gasteiger charge is -2.11. The van der Waals surface area contributed by atoms with Crippen LogP contribution in [-0.2, 0) is 0 Å². The molecule has 4 heteroatoms. The lowest BCUT2D eigenvalue weighted by molar-refractivity contribution is 1.17. The van der Waals surface area contributed by atoms with Gasteiger partial charge in [-0.3, -0.25) is 0 Å². The van der Waals surface area contributed by atoms with Crippen molar-refractivity contribution in [3.8, 4) is 17.4 Å². The fraction of sp³-hybridized carbons (Fsp3) is 0. The fourth-order valence-corrected chi connectivity index (χ4v) is 5.42. The molecule has 0 amide bonds. The molecular formula is C32H18N4. The summed E-state index contributed by atoms with van der Waals surface area (Å²) in [7, 11) is 0. The molecule has 0 bridgehead atoms. The number of para-hydroxylation sites is 3. The topological polar surface area (TPSA) is 38.0 Å². The van der Waals surface area contributed by atoms with E-state index in [0.717, 1.165) is 49.6 Å². The van der Waals surface area contributed by atoms with Crippen molar-refractivity contribution < 1.29 is 0 Å². The maximum absolute atomic E-state index is 9.95. The molecule has 0 atom stereocenters. The Kier molecular flexibility index (Phi) is 4.24. The Morgan fingerprint density at radius 2 is 1.17 bits per heavy atom. The number of hydrogen-bond donors (Lipinski definition) is 0. The van der Waals surface area contributed by atoms with Crippen LogP contribution in [0.25, 0.3) is 59.8 Å². The Labute approximate surface area is 207 Å². The maximum Gasteiger partial charge on any atom is 0.188 e. The number of benzene rings is 5. The molecule has 2 heterocycles. The molecule has 0 saturated carbocycles. The van der Waals surface area contributed by atoms with Crippen molar-refractivity contribution >= 4 is 49.3 Å². The second-order valence-electron chi connectivity index (χ2n) is 8.85. The van der Waals surface area contributed by atoms with E-state index in [1.165, 1.54) is 5.39 Å². The fourth-order valence-electron chi connectivity index (χ4n) is 5.42. The van der Waals surface area contributed by atoms with E-state index in [1.54, 1.807) is 12.1 Å². The van der Waals surface area contributed by atoms with Gasteiger partial charge in [-0.15, -0.1) is 0 Å². The van der Waals surface area contributed by atoms with Crippen molar-refractivity contribution in [2.75, 3.05) is 0 Å². The lowest BCUT2D eigenvalue weighted by atomic mass is 10.1. The molecule has 0 aliphatic carbocycles. The van der Waals surface area contributed by atoms with Crippen molar-refractivity contribution in [3.63, 3.8) is 0 Å². The minimum absolute atomic E-state index is 0.462. The lowest BCUT2D eigenvalue weighted by Crippen LogP contribution is -1.97. The van der Waals surface area contributed by atoms with Crippen molar-refractivity contribution in [2.45, 2.75) is 0 Å². The number of hydrogen-bond acceptors (Lipinski definition) is 1. The highest BCUT2D eigenvalue weighted by atomic mass is 15.0. The summed E-state index contributed by atoms with van der Waals surface area (Å²) in [6.45, 7) is 7.37. The molecule has 7 rings (SSSR count). The molecule has 2 aromatic heterocycles. The predicted molar refractivity (Wildman–Crippen MR) is 146 cm³/mol. The van der Waals surface area contributed by atoms with Crippen LogP contribution in [0.1, 0.15) is 5.56 Å². The number of fused-ring (bicyclic) bond motifs is 6. The number of aromatic nitrogens is 2. The SMILES string of the molecule is [C-]#[N+]c1ccc(-n2c3ccccc3c3cc4c(cc32)c2ccccc2n4-c2ccccc2)c(C#N)c1. The first-order valence-corrected chi connectivity index (χ1v) is 11.7. The standard InChI is InChI=1S/C32H18N4/c1-34-22-15-16-28(21(17-22)20-33)36-30-14-8-6-12-25(30)27-18-31-26(19-32(27)36)24-11-5-7-13-29(24)35(31)23-9-3-2-4-10-23/h2-19H. The van der Waals surface area contributed by atoms with Crippen LogP contribution < -0.4 is 0 Å². The van der Waals surface area contributed by atoms with Gasteiger partial charge in [0.05, 0.1) is 46.0 Å². The second-order valence-corrected chi connectivity index (χ2v) is 8.85. The van der Waals surface area contributed by atoms with Crippen LogP contribution >= 0.6 is 0 Å². The van der Waals surface area contributed by atoms with E-state index in [1.807, 2.05) is 18.2 Å². The van der Waals surface area contributed by atoms with Crippen molar-refractivity contribution in [2.24, 2.45) is 0 Å². The molecule has 0 unspecified atom stereocenters. The van der Waals surface area contributed by atoms with E-state index < -0.39 is 0 Å². The van der Waals surface area contributed by atoms with E-state index in [4.69, 9.17) is 6.57 Å². The molecule has 0 aliphatic heterocycles. The first-order valence-electron chi connectivity index (χ1n) is 11.7. The Hall–Kier alpha value is -5.32. The summed E-state index contributed by atoms with van der Waals surface area (Å²) in [4.78, 5) is 3.52. The minimum atomic E-state index is 0.462. The predicted octanol–water partition coefficient (Wildman–Crippen LogP) is 8.30. The summed E-state index contributed by atoms with van der Waals surface area (Å²) in [6, 6.07) is 39.4. The van der Waals surface area contributed by atoms with E-state index >= 15 is 0 Å². The summed E-state index contributed by atoms with van der Waals surface area (Å²) in [5.74, 6) is 0. The summed E-state index contributed by atoms with van der Waals surface area (Å²) in [5.41, 5.74) is 7.20. The third kappa shape index (κ3) is 2.73. The highest BCUT2D eigenvalue weighted by molar-refractivity contribution is 6.19. The Balaban J connectivity index is 1.68. The summed E-state index contributed by atoms with van der Waals surface area (Å²) in [5, 5.41) is 14.5. The van der Waals surface area contributed by atoms with Crippen LogP contribution in [0.3, 0.4) is 0 Å². The zero-order valence-corrected chi connectivity index (χ0v) is 19.2. The van der Waals surface area contributed by atoms with Gasteiger partial charge in [-0.25, -0.2) is 4.85 Å². The maximum atomic E-state index is 9.95. The van der Waals surface area contributed by atoms with E-state index in [2.05, 4.69) is 98.9 Å². The van der Waals surface area contributed by atoms with Crippen LogP contribution in [-0.4, -0.2) is 9.13 Å². The second kappa shape index (κ2) is 7.60. The Morgan fingerprint density at radius 3 is 1.81 bits per heavy atom. The van der Waals surface area contributed by atoms with Crippen molar-refractivity contribution in [1.29, 1.82) is 5.26 Å². The summed E-state index contributed by atoms with van der Waals surface area (Å²) in [6.07, 6.45) is 0. The quantitative estimate of drug-likeness (QED) is 0.240. The number of nitrogens with zero attached hydrogens (tertiary/aromatic N) is 4. The van der Waals surface area contributed by atoms with Gasteiger partial charge in [0.25, 0.3) is 0 Å². The van der Waals surface area contributed by atoms with Crippen LogP contribution in [0, 0.1) is 17.9 Å². The highest BCUT2D eigenvalue weighted by Gasteiger charge is 2.19. The number of rotatable bonds is 2.